The van der Waals surface area contributed by atoms with Crippen LogP contribution in [-0.2, 0) is 4.74 Å². The number of hydrogen-bond acceptors (Lipinski definition) is 3. The fourth-order valence-electron chi connectivity index (χ4n) is 2.99. The number of benzene rings is 1. The number of aromatic amines is 1. The average molecular weight is 315 g/mol. The van der Waals surface area contributed by atoms with Gasteiger partial charge >= 0.3 is 0 Å². The standard InChI is InChI=1S/C18H25N3O2/c1-20(2)9-10-21(13-16-4-3-11-23-16)18(22)15-6-5-14-7-8-19-17(14)12-15/h5-8,12,16,19H,3-4,9-11,13H2,1-2H3/t16-/m1/s1. The van der Waals surface area contributed by atoms with Crippen LogP contribution in [-0.4, -0.2) is 67.1 Å². The number of nitrogens with one attached hydrogen (secondary N) is 1. The number of aromatic nitrogens is 1. The maximum absolute atomic E-state index is 12.9. The summed E-state index contributed by atoms with van der Waals surface area (Å²) in [6, 6.07) is 7.86. The summed E-state index contributed by atoms with van der Waals surface area (Å²) < 4.78 is 5.72. The quantitative estimate of drug-likeness (QED) is 0.890. The lowest BCUT2D eigenvalue weighted by Crippen LogP contribution is -2.41. The van der Waals surface area contributed by atoms with Crippen LogP contribution in [0.25, 0.3) is 10.9 Å². The van der Waals surface area contributed by atoms with E-state index in [0.29, 0.717) is 13.1 Å². The highest BCUT2D eigenvalue weighted by Crippen LogP contribution is 2.18. The first-order chi connectivity index (χ1) is 11.1. The van der Waals surface area contributed by atoms with Gasteiger partial charge in [0.05, 0.1) is 6.10 Å². The Bertz CT molecular complexity index is 659. The van der Waals surface area contributed by atoms with Gasteiger partial charge in [0, 0.05) is 43.5 Å². The third kappa shape index (κ3) is 3.92. The van der Waals surface area contributed by atoms with Crippen molar-refractivity contribution >= 4 is 16.8 Å². The lowest BCUT2D eigenvalue weighted by atomic mass is 10.1. The third-order valence-electron chi connectivity index (χ3n) is 4.35. The molecule has 23 heavy (non-hydrogen) atoms. The predicted octanol–water partition coefficient (Wildman–Crippen LogP) is 2.35. The van der Waals surface area contributed by atoms with Crippen molar-refractivity contribution in [3.8, 4) is 0 Å². The van der Waals surface area contributed by atoms with Crippen molar-refractivity contribution in [3.05, 3.63) is 36.0 Å². The summed E-state index contributed by atoms with van der Waals surface area (Å²) in [6.45, 7) is 3.06. The summed E-state index contributed by atoms with van der Waals surface area (Å²) >= 11 is 0. The van der Waals surface area contributed by atoms with Gasteiger partial charge in [-0.1, -0.05) is 6.07 Å². The molecule has 1 saturated heterocycles. The van der Waals surface area contributed by atoms with Crippen LogP contribution < -0.4 is 0 Å². The van der Waals surface area contributed by atoms with Crippen molar-refractivity contribution in [2.75, 3.05) is 40.3 Å². The molecule has 0 spiro atoms. The van der Waals surface area contributed by atoms with Crippen molar-refractivity contribution in [1.82, 2.24) is 14.8 Å². The Morgan fingerprint density at radius 3 is 2.91 bits per heavy atom. The molecule has 1 aliphatic rings. The molecule has 0 bridgehead atoms. The van der Waals surface area contributed by atoms with Crippen LogP contribution in [0.15, 0.2) is 30.5 Å². The van der Waals surface area contributed by atoms with E-state index in [9.17, 15) is 4.79 Å². The van der Waals surface area contributed by atoms with Gasteiger partial charge in [-0.05, 0) is 50.5 Å². The number of hydrogen-bond donors (Lipinski definition) is 1. The number of H-pyrrole nitrogens is 1. The number of likely N-dealkylation sites (N-methyl/N-ethyl adjacent to an activating group) is 1. The highest BCUT2D eigenvalue weighted by Gasteiger charge is 2.23. The van der Waals surface area contributed by atoms with Crippen molar-refractivity contribution in [3.63, 3.8) is 0 Å². The normalized spacial score (nSPS) is 18.0. The van der Waals surface area contributed by atoms with Crippen molar-refractivity contribution in [1.29, 1.82) is 0 Å². The molecule has 1 aromatic carbocycles. The first-order valence-electron chi connectivity index (χ1n) is 8.26. The molecule has 0 saturated carbocycles. The van der Waals surface area contributed by atoms with Gasteiger partial charge in [-0.15, -0.1) is 0 Å². The molecule has 3 rings (SSSR count). The van der Waals surface area contributed by atoms with Gasteiger partial charge in [0.1, 0.15) is 0 Å². The zero-order valence-electron chi connectivity index (χ0n) is 13.9. The molecule has 1 aliphatic heterocycles. The van der Waals surface area contributed by atoms with Gasteiger partial charge in [0.2, 0.25) is 0 Å². The number of carbonyl (C=O) groups is 1. The molecule has 1 amide bonds. The largest absolute Gasteiger partial charge is 0.376 e. The number of ether oxygens (including phenoxy) is 1. The molecule has 5 nitrogen and oxygen atoms in total. The van der Waals surface area contributed by atoms with Gasteiger partial charge in [-0.25, -0.2) is 0 Å². The predicted molar refractivity (Wildman–Crippen MR) is 91.7 cm³/mol. The molecule has 0 aliphatic carbocycles. The Morgan fingerprint density at radius 2 is 2.17 bits per heavy atom. The van der Waals surface area contributed by atoms with Crippen LogP contribution >= 0.6 is 0 Å². The smallest absolute Gasteiger partial charge is 0.254 e. The highest BCUT2D eigenvalue weighted by atomic mass is 16.5. The fourth-order valence-corrected chi connectivity index (χ4v) is 2.99. The minimum absolute atomic E-state index is 0.0823. The lowest BCUT2D eigenvalue weighted by molar-refractivity contribution is 0.0512. The molecule has 2 heterocycles. The van der Waals surface area contributed by atoms with Crippen LogP contribution in [0.5, 0.6) is 0 Å². The fraction of sp³-hybridized carbons (Fsp3) is 0.500. The van der Waals surface area contributed by atoms with E-state index in [1.54, 1.807) is 0 Å². The van der Waals surface area contributed by atoms with Crippen LogP contribution in [0, 0.1) is 0 Å². The average Bonchev–Trinajstić information content (AvgIpc) is 3.20. The second kappa shape index (κ2) is 7.15. The van der Waals surface area contributed by atoms with E-state index in [0.717, 1.165) is 42.5 Å². The van der Waals surface area contributed by atoms with Gasteiger partial charge < -0.3 is 19.5 Å². The number of fused-ring (bicyclic) bond motifs is 1. The second-order valence-corrected chi connectivity index (χ2v) is 6.47. The van der Waals surface area contributed by atoms with Gasteiger partial charge in [0.25, 0.3) is 5.91 Å². The molecule has 124 valence electrons. The van der Waals surface area contributed by atoms with Crippen molar-refractivity contribution < 1.29 is 9.53 Å². The van der Waals surface area contributed by atoms with Crippen molar-refractivity contribution in [2.24, 2.45) is 0 Å². The minimum Gasteiger partial charge on any atom is -0.376 e. The summed E-state index contributed by atoms with van der Waals surface area (Å²) in [5, 5.41) is 1.13. The number of amides is 1. The third-order valence-corrected chi connectivity index (χ3v) is 4.35. The Hall–Kier alpha value is -1.85. The van der Waals surface area contributed by atoms with E-state index in [1.807, 2.05) is 49.5 Å². The summed E-state index contributed by atoms with van der Waals surface area (Å²) in [7, 11) is 4.05. The SMILES string of the molecule is CN(C)CCN(C[C@H]1CCCO1)C(=O)c1ccc2cc[nH]c2c1. The Balaban J connectivity index is 1.76. The van der Waals surface area contributed by atoms with Crippen molar-refractivity contribution in [2.45, 2.75) is 18.9 Å². The van der Waals surface area contributed by atoms with Gasteiger partial charge in [-0.3, -0.25) is 4.79 Å². The summed E-state index contributed by atoms with van der Waals surface area (Å²) in [4.78, 5) is 20.2. The second-order valence-electron chi connectivity index (χ2n) is 6.47. The first kappa shape index (κ1) is 16.0. The van der Waals surface area contributed by atoms with Gasteiger partial charge in [-0.2, -0.15) is 0 Å². The van der Waals surface area contributed by atoms with E-state index >= 15 is 0 Å². The zero-order valence-corrected chi connectivity index (χ0v) is 13.9. The molecular weight excluding hydrogens is 290 g/mol. The molecular formula is C18H25N3O2. The summed E-state index contributed by atoms with van der Waals surface area (Å²) in [6.07, 6.45) is 4.21. The van der Waals surface area contributed by atoms with Crippen LogP contribution in [0.1, 0.15) is 23.2 Å². The molecule has 0 radical (unpaired) electrons. The first-order valence-corrected chi connectivity index (χ1v) is 8.26. The Morgan fingerprint density at radius 1 is 1.30 bits per heavy atom. The van der Waals surface area contributed by atoms with Crippen LogP contribution in [0.2, 0.25) is 0 Å². The van der Waals surface area contributed by atoms with Gasteiger partial charge in [0.15, 0.2) is 0 Å². The molecule has 5 heteroatoms. The zero-order chi connectivity index (χ0) is 16.2. The Kier molecular flexibility index (Phi) is 4.98. The highest BCUT2D eigenvalue weighted by molar-refractivity contribution is 5.98. The maximum Gasteiger partial charge on any atom is 0.254 e. The minimum atomic E-state index is 0.0823. The van der Waals surface area contributed by atoms with E-state index < -0.39 is 0 Å². The summed E-state index contributed by atoms with van der Waals surface area (Å²) in [5.74, 6) is 0.0823. The molecule has 0 unspecified atom stereocenters. The van der Waals surface area contributed by atoms with Crippen LogP contribution in [0.4, 0.5) is 0 Å². The van der Waals surface area contributed by atoms with E-state index in [4.69, 9.17) is 4.74 Å². The Labute approximate surface area is 137 Å². The molecule has 1 fully saturated rings. The number of rotatable bonds is 6. The lowest BCUT2D eigenvalue weighted by Gasteiger charge is -2.27. The van der Waals surface area contributed by atoms with E-state index in [1.165, 1.54) is 0 Å². The molecule has 2 aromatic rings. The monoisotopic (exact) mass is 315 g/mol. The van der Waals surface area contributed by atoms with Crippen LogP contribution in [0.3, 0.4) is 0 Å². The summed E-state index contributed by atoms with van der Waals surface area (Å²) in [5.41, 5.74) is 1.73. The topological polar surface area (TPSA) is 48.6 Å². The van der Waals surface area contributed by atoms with E-state index in [2.05, 4.69) is 9.88 Å². The molecule has 1 aromatic heterocycles. The number of carbonyl (C=O) groups excluding carboxylic acids is 1. The van der Waals surface area contributed by atoms with E-state index in [-0.39, 0.29) is 12.0 Å². The maximum atomic E-state index is 12.9. The molecule has 1 N–H and O–H groups in total. The molecule has 1 atom stereocenters. The number of nitrogens with zero attached hydrogens (tertiary/aromatic N) is 2.